The molecule has 1 amide bonds. The van der Waals surface area contributed by atoms with Crippen molar-refractivity contribution >= 4 is 27.5 Å². The van der Waals surface area contributed by atoms with Crippen LogP contribution in [0.3, 0.4) is 0 Å². The minimum Gasteiger partial charge on any atom is -0.325 e. The molecule has 0 aliphatic heterocycles. The van der Waals surface area contributed by atoms with Gasteiger partial charge in [0, 0.05) is 5.69 Å². The molecule has 0 aliphatic carbocycles. The summed E-state index contributed by atoms with van der Waals surface area (Å²) >= 11 is 3.11. The summed E-state index contributed by atoms with van der Waals surface area (Å²) < 4.78 is 14.0. The summed E-state index contributed by atoms with van der Waals surface area (Å²) in [7, 11) is 0. The van der Waals surface area contributed by atoms with Crippen LogP contribution in [0, 0.1) is 5.82 Å². The van der Waals surface area contributed by atoms with E-state index in [1.165, 1.54) is 6.07 Å². The third kappa shape index (κ3) is 3.71. The lowest BCUT2D eigenvalue weighted by Crippen LogP contribution is -2.22. The Morgan fingerprint density at radius 3 is 1.92 bits per heavy atom. The largest absolute Gasteiger partial charge is 0.325 e. The molecule has 120 valence electrons. The molecular formula is C20H15BrFNO. The van der Waals surface area contributed by atoms with Crippen LogP contribution in [0.4, 0.5) is 10.1 Å². The summed E-state index contributed by atoms with van der Waals surface area (Å²) in [4.78, 5) is 12.9. The fraction of sp³-hybridized carbons (Fsp3) is 0.0500. The predicted octanol–water partition coefficient (Wildman–Crippen LogP) is 5.36. The third-order valence-electron chi connectivity index (χ3n) is 3.72. The first-order valence-electron chi connectivity index (χ1n) is 7.51. The molecule has 3 aromatic carbocycles. The number of amides is 1. The van der Waals surface area contributed by atoms with Crippen molar-refractivity contribution in [3.05, 3.63) is 100 Å². The van der Waals surface area contributed by atoms with Crippen LogP contribution < -0.4 is 5.32 Å². The Bertz CT molecular complexity index is 797. The highest BCUT2D eigenvalue weighted by Crippen LogP contribution is 2.27. The number of nitrogens with one attached hydrogen (secondary N) is 1. The van der Waals surface area contributed by atoms with Gasteiger partial charge in [-0.15, -0.1) is 0 Å². The van der Waals surface area contributed by atoms with E-state index in [0.29, 0.717) is 10.2 Å². The van der Waals surface area contributed by atoms with Crippen LogP contribution in [0.15, 0.2) is 83.3 Å². The lowest BCUT2D eigenvalue weighted by molar-refractivity contribution is -0.116. The Morgan fingerprint density at radius 1 is 0.875 bits per heavy atom. The molecule has 0 aromatic heterocycles. The van der Waals surface area contributed by atoms with Gasteiger partial charge in [0.2, 0.25) is 5.91 Å². The zero-order valence-corrected chi connectivity index (χ0v) is 14.3. The number of hydrogen-bond donors (Lipinski definition) is 1. The van der Waals surface area contributed by atoms with Gasteiger partial charge in [0.05, 0.1) is 10.4 Å². The second kappa shape index (κ2) is 7.41. The number of hydrogen-bond acceptors (Lipinski definition) is 1. The van der Waals surface area contributed by atoms with Crippen molar-refractivity contribution in [3.8, 4) is 0 Å². The lowest BCUT2D eigenvalue weighted by Gasteiger charge is -2.18. The second-order valence-corrected chi connectivity index (χ2v) is 6.23. The number of rotatable bonds is 4. The molecule has 3 rings (SSSR count). The molecule has 0 saturated heterocycles. The topological polar surface area (TPSA) is 29.1 Å². The monoisotopic (exact) mass is 383 g/mol. The molecule has 0 aliphatic rings. The number of anilines is 1. The molecule has 2 nitrogen and oxygen atoms in total. The molecule has 3 aromatic rings. The quantitative estimate of drug-likeness (QED) is 0.645. The highest BCUT2D eigenvalue weighted by molar-refractivity contribution is 9.10. The zero-order chi connectivity index (χ0) is 16.9. The molecule has 0 fully saturated rings. The summed E-state index contributed by atoms with van der Waals surface area (Å²) in [6, 6.07) is 23.6. The number of carbonyl (C=O) groups excluding carboxylic acids is 1. The van der Waals surface area contributed by atoms with Gasteiger partial charge in [0.25, 0.3) is 0 Å². The zero-order valence-electron chi connectivity index (χ0n) is 12.7. The van der Waals surface area contributed by atoms with E-state index in [9.17, 15) is 9.18 Å². The van der Waals surface area contributed by atoms with Gasteiger partial charge in [-0.3, -0.25) is 4.79 Å². The maximum Gasteiger partial charge on any atom is 0.236 e. The first kappa shape index (κ1) is 16.4. The van der Waals surface area contributed by atoms with Crippen molar-refractivity contribution in [3.63, 3.8) is 0 Å². The van der Waals surface area contributed by atoms with Gasteiger partial charge in [0.15, 0.2) is 0 Å². The van der Waals surface area contributed by atoms with Crippen molar-refractivity contribution in [1.82, 2.24) is 0 Å². The average Bonchev–Trinajstić information content (AvgIpc) is 2.60. The van der Waals surface area contributed by atoms with E-state index >= 15 is 0 Å². The van der Waals surface area contributed by atoms with Gasteiger partial charge in [-0.25, -0.2) is 4.39 Å². The summed E-state index contributed by atoms with van der Waals surface area (Å²) in [6.07, 6.45) is 0. The molecule has 0 saturated carbocycles. The number of halogens is 2. The Kier molecular flexibility index (Phi) is 5.06. The highest BCUT2D eigenvalue weighted by Gasteiger charge is 2.22. The van der Waals surface area contributed by atoms with E-state index in [1.54, 1.807) is 12.1 Å². The van der Waals surface area contributed by atoms with Crippen LogP contribution >= 0.6 is 15.9 Å². The maximum atomic E-state index is 13.7. The molecule has 1 N–H and O–H groups in total. The first-order chi connectivity index (χ1) is 11.6. The molecule has 0 radical (unpaired) electrons. The van der Waals surface area contributed by atoms with E-state index in [2.05, 4.69) is 21.2 Å². The highest BCUT2D eigenvalue weighted by atomic mass is 79.9. The van der Waals surface area contributed by atoms with Crippen LogP contribution in [0.5, 0.6) is 0 Å². The predicted molar refractivity (Wildman–Crippen MR) is 97.5 cm³/mol. The Morgan fingerprint density at radius 2 is 1.42 bits per heavy atom. The van der Waals surface area contributed by atoms with Gasteiger partial charge >= 0.3 is 0 Å². The van der Waals surface area contributed by atoms with Crippen molar-refractivity contribution in [1.29, 1.82) is 0 Å². The average molecular weight is 384 g/mol. The molecule has 0 spiro atoms. The number of benzene rings is 3. The van der Waals surface area contributed by atoms with Crippen molar-refractivity contribution in [2.75, 3.05) is 5.32 Å². The Hall–Kier alpha value is -2.46. The summed E-state index contributed by atoms with van der Waals surface area (Å²) in [5.74, 6) is -1.07. The van der Waals surface area contributed by atoms with Crippen LogP contribution in [-0.2, 0) is 4.79 Å². The minimum absolute atomic E-state index is 0.200. The number of carbonyl (C=O) groups is 1. The Balaban J connectivity index is 1.93. The van der Waals surface area contributed by atoms with Crippen molar-refractivity contribution < 1.29 is 9.18 Å². The summed E-state index contributed by atoms with van der Waals surface area (Å²) in [5.41, 5.74) is 2.20. The van der Waals surface area contributed by atoms with Crippen molar-refractivity contribution in [2.45, 2.75) is 5.92 Å². The van der Waals surface area contributed by atoms with E-state index in [-0.39, 0.29) is 5.91 Å². The van der Waals surface area contributed by atoms with Crippen LogP contribution in [-0.4, -0.2) is 5.91 Å². The maximum absolute atomic E-state index is 13.7. The van der Waals surface area contributed by atoms with E-state index in [0.717, 1.165) is 11.1 Å². The van der Waals surface area contributed by atoms with Gasteiger partial charge in [0.1, 0.15) is 5.82 Å². The van der Waals surface area contributed by atoms with E-state index in [4.69, 9.17) is 0 Å². The van der Waals surface area contributed by atoms with Gasteiger partial charge in [-0.2, -0.15) is 0 Å². The SMILES string of the molecule is O=C(Nc1ccc(Br)c(F)c1)C(c1ccccc1)c1ccccc1. The van der Waals surface area contributed by atoms with Gasteiger partial charge in [-0.05, 0) is 45.3 Å². The normalized spacial score (nSPS) is 10.6. The van der Waals surface area contributed by atoms with Crippen LogP contribution in [0.25, 0.3) is 0 Å². The molecular weight excluding hydrogens is 369 g/mol. The molecule has 0 atom stereocenters. The fourth-order valence-electron chi connectivity index (χ4n) is 2.57. The van der Waals surface area contributed by atoms with Gasteiger partial charge in [-0.1, -0.05) is 60.7 Å². The summed E-state index contributed by atoms with van der Waals surface area (Å²) in [5, 5.41) is 2.81. The molecule has 0 unspecified atom stereocenters. The van der Waals surface area contributed by atoms with E-state index < -0.39 is 11.7 Å². The van der Waals surface area contributed by atoms with Gasteiger partial charge < -0.3 is 5.32 Å². The van der Waals surface area contributed by atoms with Crippen LogP contribution in [0.1, 0.15) is 17.0 Å². The Labute approximate surface area is 148 Å². The standard InChI is InChI=1S/C20H15BrFNO/c21-17-12-11-16(13-18(17)22)23-20(24)19(14-7-3-1-4-8-14)15-9-5-2-6-10-15/h1-13,19H,(H,23,24). The van der Waals surface area contributed by atoms with Crippen molar-refractivity contribution in [2.24, 2.45) is 0 Å². The molecule has 4 heteroatoms. The summed E-state index contributed by atoms with van der Waals surface area (Å²) in [6.45, 7) is 0. The smallest absolute Gasteiger partial charge is 0.236 e. The van der Waals surface area contributed by atoms with Crippen LogP contribution in [0.2, 0.25) is 0 Å². The lowest BCUT2D eigenvalue weighted by atomic mass is 9.90. The molecule has 0 heterocycles. The fourth-order valence-corrected chi connectivity index (χ4v) is 2.82. The minimum atomic E-state index is -0.459. The first-order valence-corrected chi connectivity index (χ1v) is 8.30. The third-order valence-corrected chi connectivity index (χ3v) is 4.36. The molecule has 0 bridgehead atoms. The van der Waals surface area contributed by atoms with E-state index in [1.807, 2.05) is 60.7 Å². The second-order valence-electron chi connectivity index (χ2n) is 5.37. The molecule has 24 heavy (non-hydrogen) atoms.